The first-order valence-electron chi connectivity index (χ1n) is 17.9. The fourth-order valence-electron chi connectivity index (χ4n) is 7.41. The summed E-state index contributed by atoms with van der Waals surface area (Å²) in [5.74, 6) is 0.707. The fraction of sp³-hybridized carbons (Fsp3) is 0. The standard InChI is InChI=1S/C50H32N2S/c1-4-13-33(14-5-1)37-20-12-21-38(27-37)40-28-41(39-24-25-47-44(31-39)49-43-22-11-10-15-34(43)23-26-48(49)53-47)30-42(29-40)46-32-45(35-16-6-2-7-17-35)51-50(52-46)36-18-8-3-9-19-36/h1-32H. The first-order chi connectivity index (χ1) is 26.2. The summed E-state index contributed by atoms with van der Waals surface area (Å²) in [6.45, 7) is 0. The number of hydrogen-bond acceptors (Lipinski definition) is 3. The lowest BCUT2D eigenvalue weighted by Gasteiger charge is -2.14. The van der Waals surface area contributed by atoms with Gasteiger partial charge in [-0.2, -0.15) is 0 Å². The maximum atomic E-state index is 5.24. The summed E-state index contributed by atoms with van der Waals surface area (Å²) >= 11 is 1.86. The molecule has 0 N–H and O–H groups in total. The van der Waals surface area contributed by atoms with Crippen molar-refractivity contribution in [3.05, 3.63) is 194 Å². The Hall–Kier alpha value is -6.68. The molecule has 10 aromatic rings. The molecule has 3 heteroatoms. The molecule has 0 aliphatic heterocycles. The van der Waals surface area contributed by atoms with Gasteiger partial charge in [0.25, 0.3) is 0 Å². The first kappa shape index (κ1) is 31.1. The van der Waals surface area contributed by atoms with Gasteiger partial charge in [-0.3, -0.25) is 0 Å². The second kappa shape index (κ2) is 13.1. The predicted octanol–water partition coefficient (Wildman–Crippen LogP) is 14.0. The van der Waals surface area contributed by atoms with Crippen LogP contribution < -0.4 is 0 Å². The van der Waals surface area contributed by atoms with Gasteiger partial charge in [0, 0.05) is 36.9 Å². The molecule has 0 spiro atoms. The zero-order valence-corrected chi connectivity index (χ0v) is 29.6. The topological polar surface area (TPSA) is 25.8 Å². The minimum atomic E-state index is 0.707. The van der Waals surface area contributed by atoms with Crippen molar-refractivity contribution in [3.8, 4) is 67.3 Å². The van der Waals surface area contributed by atoms with Crippen molar-refractivity contribution in [3.63, 3.8) is 0 Å². The van der Waals surface area contributed by atoms with E-state index in [1.54, 1.807) is 0 Å². The van der Waals surface area contributed by atoms with E-state index in [0.717, 1.165) is 44.8 Å². The number of aromatic nitrogens is 2. The molecule has 53 heavy (non-hydrogen) atoms. The van der Waals surface area contributed by atoms with E-state index >= 15 is 0 Å². The Morgan fingerprint density at radius 2 is 0.830 bits per heavy atom. The number of fused-ring (bicyclic) bond motifs is 5. The maximum Gasteiger partial charge on any atom is 0.160 e. The average Bonchev–Trinajstić information content (AvgIpc) is 3.63. The average molecular weight is 693 g/mol. The lowest BCUT2D eigenvalue weighted by Crippen LogP contribution is -1.96. The van der Waals surface area contributed by atoms with Gasteiger partial charge >= 0.3 is 0 Å². The van der Waals surface area contributed by atoms with Crippen LogP contribution in [0.5, 0.6) is 0 Å². The Morgan fingerprint density at radius 3 is 1.57 bits per heavy atom. The highest BCUT2D eigenvalue weighted by Crippen LogP contribution is 2.42. The Kier molecular flexibility index (Phi) is 7.71. The summed E-state index contributed by atoms with van der Waals surface area (Å²) < 4.78 is 2.61. The van der Waals surface area contributed by atoms with E-state index in [1.807, 2.05) is 35.6 Å². The molecule has 2 nitrogen and oxygen atoms in total. The van der Waals surface area contributed by atoms with Gasteiger partial charge in [-0.05, 0) is 92.7 Å². The van der Waals surface area contributed by atoms with Crippen LogP contribution in [0.2, 0.25) is 0 Å². The van der Waals surface area contributed by atoms with E-state index in [4.69, 9.17) is 9.97 Å². The third kappa shape index (κ3) is 5.87. The Labute approximate surface area is 312 Å². The van der Waals surface area contributed by atoms with Crippen molar-refractivity contribution in [2.24, 2.45) is 0 Å². The first-order valence-corrected chi connectivity index (χ1v) is 18.7. The van der Waals surface area contributed by atoms with Crippen LogP contribution >= 0.6 is 11.3 Å². The largest absolute Gasteiger partial charge is 0.228 e. The van der Waals surface area contributed by atoms with Crippen LogP contribution in [0.25, 0.3) is 98.2 Å². The zero-order chi connectivity index (χ0) is 35.1. The van der Waals surface area contributed by atoms with Gasteiger partial charge in [0.1, 0.15) is 0 Å². The van der Waals surface area contributed by atoms with Crippen LogP contribution in [0.4, 0.5) is 0 Å². The van der Waals surface area contributed by atoms with Gasteiger partial charge in [-0.15, -0.1) is 11.3 Å². The van der Waals surface area contributed by atoms with Crippen molar-refractivity contribution in [1.29, 1.82) is 0 Å². The van der Waals surface area contributed by atoms with Gasteiger partial charge in [-0.25, -0.2) is 9.97 Å². The summed E-state index contributed by atoms with van der Waals surface area (Å²) in [5.41, 5.74) is 11.9. The van der Waals surface area contributed by atoms with Gasteiger partial charge in [0.05, 0.1) is 11.4 Å². The molecule has 2 heterocycles. The summed E-state index contributed by atoms with van der Waals surface area (Å²) in [7, 11) is 0. The molecule has 0 amide bonds. The van der Waals surface area contributed by atoms with Crippen molar-refractivity contribution in [1.82, 2.24) is 9.97 Å². The molecule has 2 aromatic heterocycles. The third-order valence-electron chi connectivity index (χ3n) is 10.1. The van der Waals surface area contributed by atoms with E-state index in [0.29, 0.717) is 5.82 Å². The number of thiophene rings is 1. The van der Waals surface area contributed by atoms with E-state index in [1.165, 1.54) is 47.6 Å². The third-order valence-corrected chi connectivity index (χ3v) is 11.2. The van der Waals surface area contributed by atoms with Crippen LogP contribution in [0, 0.1) is 0 Å². The molecule has 0 saturated heterocycles. The van der Waals surface area contributed by atoms with Crippen molar-refractivity contribution >= 4 is 42.3 Å². The highest BCUT2D eigenvalue weighted by molar-refractivity contribution is 7.26. The lowest BCUT2D eigenvalue weighted by molar-refractivity contribution is 1.18. The van der Waals surface area contributed by atoms with E-state index < -0.39 is 0 Å². The lowest BCUT2D eigenvalue weighted by atomic mass is 9.92. The molecule has 0 radical (unpaired) electrons. The molecular formula is C50H32N2S. The van der Waals surface area contributed by atoms with Crippen LogP contribution in [0.1, 0.15) is 0 Å². The van der Waals surface area contributed by atoms with Crippen LogP contribution in [-0.2, 0) is 0 Å². The zero-order valence-electron chi connectivity index (χ0n) is 28.8. The van der Waals surface area contributed by atoms with Gasteiger partial charge in [0.15, 0.2) is 5.82 Å². The van der Waals surface area contributed by atoms with E-state index in [2.05, 4.69) is 170 Å². The maximum absolute atomic E-state index is 5.24. The van der Waals surface area contributed by atoms with Crippen LogP contribution in [0.15, 0.2) is 194 Å². The molecule has 8 aromatic carbocycles. The van der Waals surface area contributed by atoms with Crippen molar-refractivity contribution in [2.45, 2.75) is 0 Å². The van der Waals surface area contributed by atoms with Gasteiger partial charge < -0.3 is 0 Å². The molecule has 0 bridgehead atoms. The number of benzene rings is 8. The highest BCUT2D eigenvalue weighted by Gasteiger charge is 2.16. The molecule has 0 saturated carbocycles. The van der Waals surface area contributed by atoms with Gasteiger partial charge in [0.2, 0.25) is 0 Å². The number of rotatable bonds is 6. The number of nitrogens with zero attached hydrogens (tertiary/aromatic N) is 2. The Bertz CT molecular complexity index is 2870. The normalized spacial score (nSPS) is 11.4. The van der Waals surface area contributed by atoms with Crippen molar-refractivity contribution < 1.29 is 0 Å². The van der Waals surface area contributed by atoms with Gasteiger partial charge in [-0.1, -0.05) is 146 Å². The number of hydrogen-bond donors (Lipinski definition) is 0. The summed E-state index contributed by atoms with van der Waals surface area (Å²) in [4.78, 5) is 10.3. The SMILES string of the molecule is c1ccc(-c2cccc(-c3cc(-c4ccc5sc6ccc7ccccc7c6c5c4)cc(-c4cc(-c5ccccc5)nc(-c5ccccc5)n4)c3)c2)cc1. The van der Waals surface area contributed by atoms with Crippen molar-refractivity contribution in [2.75, 3.05) is 0 Å². The summed E-state index contributed by atoms with van der Waals surface area (Å²) in [6.07, 6.45) is 0. The van der Waals surface area contributed by atoms with E-state index in [9.17, 15) is 0 Å². The molecule has 0 aliphatic rings. The second-order valence-electron chi connectivity index (χ2n) is 13.4. The molecule has 0 unspecified atom stereocenters. The monoisotopic (exact) mass is 692 g/mol. The minimum Gasteiger partial charge on any atom is -0.228 e. The fourth-order valence-corrected chi connectivity index (χ4v) is 8.51. The minimum absolute atomic E-state index is 0.707. The molecule has 0 atom stereocenters. The summed E-state index contributed by atoms with van der Waals surface area (Å²) in [6, 6.07) is 69.3. The second-order valence-corrected chi connectivity index (χ2v) is 14.5. The molecule has 0 fully saturated rings. The Morgan fingerprint density at radius 1 is 0.302 bits per heavy atom. The summed E-state index contributed by atoms with van der Waals surface area (Å²) in [5, 5.41) is 5.17. The molecule has 248 valence electrons. The molecule has 0 aliphatic carbocycles. The van der Waals surface area contributed by atoms with Crippen LogP contribution in [0.3, 0.4) is 0 Å². The highest BCUT2D eigenvalue weighted by atomic mass is 32.1. The predicted molar refractivity (Wildman–Crippen MR) is 225 cm³/mol. The quantitative estimate of drug-likeness (QED) is 0.173. The smallest absolute Gasteiger partial charge is 0.160 e. The molecular weight excluding hydrogens is 661 g/mol. The van der Waals surface area contributed by atoms with Crippen LogP contribution in [-0.4, -0.2) is 9.97 Å². The Balaban J connectivity index is 1.21. The molecule has 10 rings (SSSR count). The van der Waals surface area contributed by atoms with E-state index in [-0.39, 0.29) is 0 Å².